The minimum Gasteiger partial charge on any atom is -0.481 e. The number of aryl methyl sites for hydroxylation is 1. The van der Waals surface area contributed by atoms with E-state index in [0.717, 1.165) is 5.56 Å². The van der Waals surface area contributed by atoms with Crippen molar-refractivity contribution in [2.24, 2.45) is 0 Å². The zero-order chi connectivity index (χ0) is 16.8. The third-order valence-corrected chi connectivity index (χ3v) is 3.82. The summed E-state index contributed by atoms with van der Waals surface area (Å²) in [6, 6.07) is 16.0. The highest BCUT2D eigenvalue weighted by atomic mass is 16.5. The van der Waals surface area contributed by atoms with E-state index in [1.165, 1.54) is 11.1 Å². The zero-order valence-corrected chi connectivity index (χ0v) is 14.3. The number of rotatable bonds is 6. The molecule has 3 heteroatoms. The molecule has 0 saturated carbocycles. The standard InChI is InChI=1S/C20H25NO2/c1-14(2)18-9-11-19(12-10-18)23-16(4)20(22)21-13-17-7-5-15(3)6-8-17/h5-12,14,16H,13H2,1-4H3,(H,21,22). The van der Waals surface area contributed by atoms with Crippen LogP contribution in [0.3, 0.4) is 0 Å². The lowest BCUT2D eigenvalue weighted by Crippen LogP contribution is -2.35. The smallest absolute Gasteiger partial charge is 0.261 e. The van der Waals surface area contributed by atoms with Crippen molar-refractivity contribution in [1.82, 2.24) is 5.32 Å². The van der Waals surface area contributed by atoms with Crippen molar-refractivity contribution in [1.29, 1.82) is 0 Å². The highest BCUT2D eigenvalue weighted by Crippen LogP contribution is 2.19. The molecule has 0 radical (unpaired) electrons. The Kier molecular flexibility index (Phi) is 5.80. The molecule has 122 valence electrons. The van der Waals surface area contributed by atoms with Gasteiger partial charge in [-0.3, -0.25) is 4.79 Å². The maximum absolute atomic E-state index is 12.1. The van der Waals surface area contributed by atoms with Crippen LogP contribution in [0.2, 0.25) is 0 Å². The number of carbonyl (C=O) groups is 1. The first-order chi connectivity index (χ1) is 11.0. The fraction of sp³-hybridized carbons (Fsp3) is 0.350. The van der Waals surface area contributed by atoms with Gasteiger partial charge >= 0.3 is 0 Å². The van der Waals surface area contributed by atoms with Crippen molar-refractivity contribution in [3.05, 3.63) is 65.2 Å². The summed E-state index contributed by atoms with van der Waals surface area (Å²) in [6.07, 6.45) is -0.523. The lowest BCUT2D eigenvalue weighted by molar-refractivity contribution is -0.127. The van der Waals surface area contributed by atoms with Crippen LogP contribution in [0.25, 0.3) is 0 Å². The third kappa shape index (κ3) is 5.13. The third-order valence-electron chi connectivity index (χ3n) is 3.82. The molecule has 1 unspecified atom stereocenters. The summed E-state index contributed by atoms with van der Waals surface area (Å²) in [5, 5.41) is 2.90. The number of amides is 1. The van der Waals surface area contributed by atoms with E-state index < -0.39 is 6.10 Å². The van der Waals surface area contributed by atoms with Gasteiger partial charge in [-0.25, -0.2) is 0 Å². The van der Waals surface area contributed by atoms with Gasteiger partial charge in [0.15, 0.2) is 6.10 Å². The normalized spacial score (nSPS) is 12.0. The molecule has 0 fully saturated rings. The van der Waals surface area contributed by atoms with Crippen molar-refractivity contribution in [2.75, 3.05) is 0 Å². The second-order valence-electron chi connectivity index (χ2n) is 6.19. The van der Waals surface area contributed by atoms with Crippen LogP contribution in [0.15, 0.2) is 48.5 Å². The Balaban J connectivity index is 1.85. The number of ether oxygens (including phenoxy) is 1. The summed E-state index contributed by atoms with van der Waals surface area (Å²) in [4.78, 5) is 12.1. The topological polar surface area (TPSA) is 38.3 Å². The number of nitrogens with one attached hydrogen (secondary N) is 1. The molecule has 0 aromatic heterocycles. The summed E-state index contributed by atoms with van der Waals surface area (Å²) < 4.78 is 5.71. The molecule has 0 aliphatic heterocycles. The number of benzene rings is 2. The molecule has 1 amide bonds. The van der Waals surface area contributed by atoms with Gasteiger partial charge in [0.05, 0.1) is 0 Å². The maximum atomic E-state index is 12.1. The van der Waals surface area contributed by atoms with Gasteiger partial charge < -0.3 is 10.1 Å². The lowest BCUT2D eigenvalue weighted by Gasteiger charge is -2.15. The highest BCUT2D eigenvalue weighted by molar-refractivity contribution is 5.80. The second kappa shape index (κ2) is 7.82. The van der Waals surface area contributed by atoms with E-state index in [9.17, 15) is 4.79 Å². The van der Waals surface area contributed by atoms with Gasteiger partial charge in [0.2, 0.25) is 0 Å². The molecule has 0 heterocycles. The van der Waals surface area contributed by atoms with Crippen LogP contribution in [0.4, 0.5) is 0 Å². The van der Waals surface area contributed by atoms with E-state index in [2.05, 4.69) is 19.2 Å². The quantitative estimate of drug-likeness (QED) is 0.868. The molecule has 2 rings (SSSR count). The summed E-state index contributed by atoms with van der Waals surface area (Å²) in [5.41, 5.74) is 3.55. The first kappa shape index (κ1) is 17.1. The first-order valence-corrected chi connectivity index (χ1v) is 8.05. The Morgan fingerprint density at radius 1 is 1.00 bits per heavy atom. The maximum Gasteiger partial charge on any atom is 0.261 e. The van der Waals surface area contributed by atoms with Crippen molar-refractivity contribution < 1.29 is 9.53 Å². The number of carbonyl (C=O) groups excluding carboxylic acids is 1. The largest absolute Gasteiger partial charge is 0.481 e. The van der Waals surface area contributed by atoms with Gasteiger partial charge in [-0.05, 0) is 43.0 Å². The Labute approximate surface area is 138 Å². The molecular weight excluding hydrogens is 286 g/mol. The van der Waals surface area contributed by atoms with E-state index in [1.807, 2.05) is 55.5 Å². The van der Waals surface area contributed by atoms with Gasteiger partial charge in [0, 0.05) is 6.54 Å². The van der Waals surface area contributed by atoms with Crippen LogP contribution >= 0.6 is 0 Å². The molecule has 0 spiro atoms. The van der Waals surface area contributed by atoms with Gasteiger partial charge in [-0.2, -0.15) is 0 Å². The van der Waals surface area contributed by atoms with Crippen molar-refractivity contribution in [3.8, 4) is 5.75 Å². The molecule has 0 aliphatic carbocycles. The number of hydrogen-bond acceptors (Lipinski definition) is 2. The molecule has 0 saturated heterocycles. The zero-order valence-electron chi connectivity index (χ0n) is 14.3. The molecule has 23 heavy (non-hydrogen) atoms. The monoisotopic (exact) mass is 311 g/mol. The second-order valence-corrected chi connectivity index (χ2v) is 6.19. The minimum atomic E-state index is -0.523. The SMILES string of the molecule is Cc1ccc(CNC(=O)C(C)Oc2ccc(C(C)C)cc2)cc1. The Morgan fingerprint density at radius 2 is 1.61 bits per heavy atom. The molecule has 3 nitrogen and oxygen atoms in total. The van der Waals surface area contributed by atoms with E-state index >= 15 is 0 Å². The van der Waals surface area contributed by atoms with Crippen LogP contribution < -0.4 is 10.1 Å². The summed E-state index contributed by atoms with van der Waals surface area (Å²) in [5.74, 6) is 1.09. The van der Waals surface area contributed by atoms with Gasteiger partial charge in [-0.15, -0.1) is 0 Å². The van der Waals surface area contributed by atoms with Crippen LogP contribution in [-0.2, 0) is 11.3 Å². The molecule has 1 N–H and O–H groups in total. The predicted molar refractivity (Wildman–Crippen MR) is 93.6 cm³/mol. The Bertz CT molecular complexity index is 630. The van der Waals surface area contributed by atoms with Gasteiger partial charge in [0.1, 0.15) is 5.75 Å². The minimum absolute atomic E-state index is 0.112. The summed E-state index contributed by atoms with van der Waals surface area (Å²) in [7, 11) is 0. The molecular formula is C20H25NO2. The van der Waals surface area contributed by atoms with Crippen LogP contribution in [0, 0.1) is 6.92 Å². The lowest BCUT2D eigenvalue weighted by atomic mass is 10.0. The molecule has 2 aromatic carbocycles. The van der Waals surface area contributed by atoms with E-state index in [4.69, 9.17) is 4.74 Å². The van der Waals surface area contributed by atoms with Crippen LogP contribution in [0.5, 0.6) is 5.75 Å². The highest BCUT2D eigenvalue weighted by Gasteiger charge is 2.14. The van der Waals surface area contributed by atoms with Gasteiger partial charge in [-0.1, -0.05) is 55.8 Å². The Hall–Kier alpha value is -2.29. The average molecular weight is 311 g/mol. The fourth-order valence-corrected chi connectivity index (χ4v) is 2.23. The molecule has 0 aliphatic rings. The molecule has 2 aromatic rings. The first-order valence-electron chi connectivity index (χ1n) is 8.05. The van der Waals surface area contributed by atoms with Crippen LogP contribution in [0.1, 0.15) is 43.4 Å². The van der Waals surface area contributed by atoms with Crippen molar-refractivity contribution >= 4 is 5.91 Å². The van der Waals surface area contributed by atoms with Crippen molar-refractivity contribution in [2.45, 2.75) is 46.3 Å². The molecule has 1 atom stereocenters. The summed E-state index contributed by atoms with van der Waals surface area (Å²) in [6.45, 7) is 8.62. The van der Waals surface area contributed by atoms with Gasteiger partial charge in [0.25, 0.3) is 5.91 Å². The van der Waals surface area contributed by atoms with E-state index in [-0.39, 0.29) is 5.91 Å². The van der Waals surface area contributed by atoms with Crippen molar-refractivity contribution in [3.63, 3.8) is 0 Å². The van der Waals surface area contributed by atoms with E-state index in [0.29, 0.717) is 18.2 Å². The summed E-state index contributed by atoms with van der Waals surface area (Å²) >= 11 is 0. The fourth-order valence-electron chi connectivity index (χ4n) is 2.23. The van der Waals surface area contributed by atoms with E-state index in [1.54, 1.807) is 6.92 Å². The Morgan fingerprint density at radius 3 is 2.17 bits per heavy atom. The average Bonchev–Trinajstić information content (AvgIpc) is 2.54. The molecule has 0 bridgehead atoms. The van der Waals surface area contributed by atoms with Crippen LogP contribution in [-0.4, -0.2) is 12.0 Å². The predicted octanol–water partition coefficient (Wildman–Crippen LogP) is 4.20. The number of hydrogen-bond donors (Lipinski definition) is 1.